The SMILES string of the molecule is C1=CC2=NC(c3cccc(C4=NC5C=CC=CC5=N4)n3)=NC2C=C1.[Cl-].[Cl-].[Cl-].[Fe+3]. The van der Waals surface area contributed by atoms with Gasteiger partial charge < -0.3 is 37.2 Å². The second-order valence-electron chi connectivity index (χ2n) is 5.76. The Morgan fingerprint density at radius 1 is 0.643 bits per heavy atom. The van der Waals surface area contributed by atoms with Gasteiger partial charge in [-0.25, -0.2) is 15.0 Å². The van der Waals surface area contributed by atoms with Crippen molar-refractivity contribution in [2.24, 2.45) is 20.0 Å². The first kappa shape index (κ1) is 24.2. The van der Waals surface area contributed by atoms with E-state index in [4.69, 9.17) is 0 Å². The zero-order valence-corrected chi connectivity index (χ0v) is 17.6. The summed E-state index contributed by atoms with van der Waals surface area (Å²) in [6.45, 7) is 0. The first-order valence-electron chi connectivity index (χ1n) is 7.87. The van der Waals surface area contributed by atoms with E-state index in [2.05, 4.69) is 25.0 Å². The summed E-state index contributed by atoms with van der Waals surface area (Å²) in [5, 5.41) is 0. The topological polar surface area (TPSA) is 62.3 Å². The molecule has 2 aliphatic carbocycles. The van der Waals surface area contributed by atoms with E-state index in [9.17, 15) is 0 Å². The number of nitrogens with zero attached hydrogens (tertiary/aromatic N) is 5. The molecule has 5 rings (SSSR count). The number of aliphatic imine (C=N–C) groups is 4. The maximum absolute atomic E-state index is 4.68. The molecule has 28 heavy (non-hydrogen) atoms. The molecule has 0 saturated heterocycles. The summed E-state index contributed by atoms with van der Waals surface area (Å²) >= 11 is 0. The Hall–Kier alpha value is -1.82. The van der Waals surface area contributed by atoms with Crippen molar-refractivity contribution in [3.8, 4) is 0 Å². The minimum Gasteiger partial charge on any atom is -1.00 e. The van der Waals surface area contributed by atoms with Crippen LogP contribution in [0.1, 0.15) is 11.4 Å². The van der Waals surface area contributed by atoms with Gasteiger partial charge in [0.15, 0.2) is 11.7 Å². The molecule has 0 bridgehead atoms. The van der Waals surface area contributed by atoms with Crippen LogP contribution in [0.3, 0.4) is 0 Å². The molecular weight excluding hydrogens is 460 g/mol. The van der Waals surface area contributed by atoms with Crippen LogP contribution in [0.25, 0.3) is 0 Å². The molecule has 2 atom stereocenters. The summed E-state index contributed by atoms with van der Waals surface area (Å²) in [6, 6.07) is 5.82. The molecule has 143 valence electrons. The van der Waals surface area contributed by atoms with Gasteiger partial charge in [-0.3, -0.25) is 9.98 Å². The smallest absolute Gasteiger partial charge is 1.00 e. The molecule has 1 radical (unpaired) electrons. The summed E-state index contributed by atoms with van der Waals surface area (Å²) in [4.78, 5) is 23.1. The van der Waals surface area contributed by atoms with Crippen molar-refractivity contribution in [2.45, 2.75) is 12.1 Å². The first-order valence-corrected chi connectivity index (χ1v) is 7.87. The van der Waals surface area contributed by atoms with Crippen molar-refractivity contribution in [2.75, 3.05) is 0 Å². The van der Waals surface area contributed by atoms with Gasteiger partial charge in [0.2, 0.25) is 0 Å². The van der Waals surface area contributed by atoms with Crippen LogP contribution in [0.5, 0.6) is 0 Å². The largest absolute Gasteiger partial charge is 3.00 e. The molecule has 2 unspecified atom stereocenters. The van der Waals surface area contributed by atoms with Crippen LogP contribution in [-0.4, -0.2) is 40.2 Å². The Kier molecular flexibility index (Phi) is 8.73. The van der Waals surface area contributed by atoms with Crippen LogP contribution in [0, 0.1) is 0 Å². The quantitative estimate of drug-likeness (QED) is 0.394. The average molecular weight is 474 g/mol. The molecule has 4 aliphatic rings. The van der Waals surface area contributed by atoms with E-state index in [0.29, 0.717) is 11.7 Å². The van der Waals surface area contributed by atoms with Crippen LogP contribution in [0.15, 0.2) is 86.8 Å². The predicted molar refractivity (Wildman–Crippen MR) is 96.3 cm³/mol. The monoisotopic (exact) mass is 472 g/mol. The summed E-state index contributed by atoms with van der Waals surface area (Å²) in [5.74, 6) is 1.33. The summed E-state index contributed by atoms with van der Waals surface area (Å²) in [7, 11) is 0. The summed E-state index contributed by atoms with van der Waals surface area (Å²) < 4.78 is 0. The molecule has 0 saturated carbocycles. The molecular formula is C19H13Cl3FeN5. The summed E-state index contributed by atoms with van der Waals surface area (Å²) in [5.41, 5.74) is 3.42. The fourth-order valence-corrected chi connectivity index (χ4v) is 2.96. The predicted octanol–water partition coefficient (Wildman–Crippen LogP) is -6.52. The Balaban J connectivity index is 0.000000980. The molecule has 0 aromatic carbocycles. The van der Waals surface area contributed by atoms with Crippen LogP contribution in [-0.2, 0) is 17.1 Å². The molecule has 9 heteroatoms. The molecule has 0 amide bonds. The maximum atomic E-state index is 4.68. The van der Waals surface area contributed by atoms with Crippen LogP contribution in [0.4, 0.5) is 0 Å². The van der Waals surface area contributed by atoms with Crippen molar-refractivity contribution in [1.82, 2.24) is 4.98 Å². The number of aromatic nitrogens is 1. The van der Waals surface area contributed by atoms with Gasteiger partial charge in [-0.2, -0.15) is 0 Å². The van der Waals surface area contributed by atoms with E-state index in [-0.39, 0.29) is 66.4 Å². The van der Waals surface area contributed by atoms with Gasteiger partial charge >= 0.3 is 17.1 Å². The van der Waals surface area contributed by atoms with E-state index < -0.39 is 0 Å². The molecule has 1 aromatic heterocycles. The van der Waals surface area contributed by atoms with Crippen LogP contribution >= 0.6 is 0 Å². The Labute approximate surface area is 192 Å². The number of hydrogen-bond acceptors (Lipinski definition) is 5. The number of pyridine rings is 1. The third-order valence-corrected chi connectivity index (χ3v) is 4.15. The molecule has 5 nitrogen and oxygen atoms in total. The Morgan fingerprint density at radius 2 is 1.11 bits per heavy atom. The first-order chi connectivity index (χ1) is 11.9. The molecule has 0 spiro atoms. The van der Waals surface area contributed by atoms with Crippen LogP contribution in [0.2, 0.25) is 0 Å². The minimum absolute atomic E-state index is 0. The number of hydrogen-bond donors (Lipinski definition) is 0. The van der Waals surface area contributed by atoms with Crippen molar-refractivity contribution in [1.29, 1.82) is 0 Å². The van der Waals surface area contributed by atoms with E-state index in [0.717, 1.165) is 22.8 Å². The van der Waals surface area contributed by atoms with Gasteiger partial charge in [0.05, 0.1) is 11.4 Å². The number of rotatable bonds is 2. The van der Waals surface area contributed by atoms with E-state index in [1.54, 1.807) is 0 Å². The number of amidine groups is 2. The third kappa shape index (κ3) is 4.43. The van der Waals surface area contributed by atoms with Gasteiger partial charge in [0.1, 0.15) is 23.5 Å². The second kappa shape index (κ2) is 10.1. The second-order valence-corrected chi connectivity index (χ2v) is 5.76. The standard InChI is InChI=1S/C19H13N5.3ClH.Fe/c1-2-7-13-12(6-1)21-18(22-13)16-10-5-11-17(20-16)19-23-14-8-3-4-9-15(14)24-19;;;;/h1-12,14H;3*1H;/q;;;;+3/p-3. The van der Waals surface area contributed by atoms with Crippen molar-refractivity contribution < 1.29 is 54.3 Å². The van der Waals surface area contributed by atoms with E-state index in [1.807, 2.05) is 66.8 Å². The average Bonchev–Trinajstić information content (AvgIpc) is 3.26. The van der Waals surface area contributed by atoms with Gasteiger partial charge in [-0.1, -0.05) is 42.5 Å². The molecule has 0 N–H and O–H groups in total. The van der Waals surface area contributed by atoms with Gasteiger partial charge in [-0.05, 0) is 24.3 Å². The fourth-order valence-electron chi connectivity index (χ4n) is 2.96. The minimum atomic E-state index is 0. The van der Waals surface area contributed by atoms with Crippen molar-refractivity contribution in [3.63, 3.8) is 0 Å². The summed E-state index contributed by atoms with van der Waals surface area (Å²) in [6.07, 6.45) is 16.0. The fraction of sp³-hybridized carbons (Fsp3) is 0.105. The zero-order valence-electron chi connectivity index (χ0n) is 14.2. The molecule has 1 aromatic rings. The van der Waals surface area contributed by atoms with E-state index in [1.165, 1.54) is 0 Å². The van der Waals surface area contributed by atoms with Gasteiger partial charge in [-0.15, -0.1) is 0 Å². The third-order valence-electron chi connectivity index (χ3n) is 4.15. The van der Waals surface area contributed by atoms with Gasteiger partial charge in [0, 0.05) is 0 Å². The number of allylic oxidation sites excluding steroid dienone is 4. The normalized spacial score (nSPS) is 22.1. The van der Waals surface area contributed by atoms with E-state index >= 15 is 0 Å². The Morgan fingerprint density at radius 3 is 1.54 bits per heavy atom. The number of fused-ring (bicyclic) bond motifs is 2. The maximum Gasteiger partial charge on any atom is 3.00 e. The van der Waals surface area contributed by atoms with Gasteiger partial charge in [0.25, 0.3) is 0 Å². The zero-order chi connectivity index (χ0) is 15.9. The van der Waals surface area contributed by atoms with Crippen LogP contribution < -0.4 is 37.2 Å². The molecule has 0 fully saturated rings. The molecule has 2 aliphatic heterocycles. The number of halogens is 3. The van der Waals surface area contributed by atoms with Crippen molar-refractivity contribution in [3.05, 3.63) is 78.2 Å². The molecule has 3 heterocycles. The Bertz CT molecular complexity index is 914. The van der Waals surface area contributed by atoms with Crippen molar-refractivity contribution >= 4 is 23.1 Å².